The summed E-state index contributed by atoms with van der Waals surface area (Å²) in [6, 6.07) is 2.09. The fourth-order valence-corrected chi connectivity index (χ4v) is 0.933. The number of unbranched alkanes of at least 4 members (excludes halogenated alkanes) is 1. The molecule has 1 rings (SSSR count). The van der Waals surface area contributed by atoms with Gasteiger partial charge in [0.2, 0.25) is 0 Å². The predicted octanol–water partition coefficient (Wildman–Crippen LogP) is 1.50. The molecule has 0 saturated carbocycles. The van der Waals surface area contributed by atoms with Crippen molar-refractivity contribution in [3.05, 3.63) is 18.1 Å². The van der Waals surface area contributed by atoms with Crippen LogP contribution in [0.1, 0.15) is 18.5 Å². The molecule has 1 aromatic heterocycles. The summed E-state index contributed by atoms with van der Waals surface area (Å²) in [6.45, 7) is 2.67. The van der Waals surface area contributed by atoms with Crippen LogP contribution in [-0.2, 0) is 0 Å². The summed E-state index contributed by atoms with van der Waals surface area (Å²) in [6.07, 6.45) is 4.80. The number of anilines is 1. The number of nitriles is 1. The highest BCUT2D eigenvalue weighted by molar-refractivity contribution is 5.31. The number of hydrogen-bond donors (Lipinski definition) is 1. The van der Waals surface area contributed by atoms with Gasteiger partial charge in [0.15, 0.2) is 0 Å². The summed E-state index contributed by atoms with van der Waals surface area (Å²) in [5.41, 5.74) is 0.894. The van der Waals surface area contributed by atoms with Crippen molar-refractivity contribution < 1.29 is 0 Å². The molecule has 1 heterocycles. The molecule has 0 aliphatic heterocycles. The van der Waals surface area contributed by atoms with Crippen LogP contribution in [0.15, 0.2) is 12.4 Å². The van der Waals surface area contributed by atoms with Crippen molar-refractivity contribution in [2.24, 2.45) is 0 Å². The van der Waals surface area contributed by atoms with E-state index in [4.69, 9.17) is 5.26 Å². The van der Waals surface area contributed by atoms with Crippen LogP contribution in [0.3, 0.4) is 0 Å². The molecule has 0 atom stereocenters. The molecule has 0 aliphatic carbocycles. The third-order valence-electron chi connectivity index (χ3n) is 1.53. The van der Waals surface area contributed by atoms with E-state index in [1.165, 1.54) is 0 Å². The molecule has 0 saturated heterocycles. The van der Waals surface area contributed by atoms with Crippen molar-refractivity contribution in [3.8, 4) is 6.07 Å². The minimum Gasteiger partial charge on any atom is -0.369 e. The zero-order chi connectivity index (χ0) is 9.52. The van der Waals surface area contributed by atoms with Gasteiger partial charge in [-0.1, -0.05) is 0 Å². The molecule has 0 bridgehead atoms. The van der Waals surface area contributed by atoms with Gasteiger partial charge in [-0.3, -0.25) is 4.98 Å². The van der Waals surface area contributed by atoms with Gasteiger partial charge < -0.3 is 5.32 Å². The Labute approximate surface area is 77.6 Å². The maximum absolute atomic E-state index is 8.30. The molecule has 0 amide bonds. The fraction of sp³-hybridized carbons (Fsp3) is 0.444. The van der Waals surface area contributed by atoms with E-state index >= 15 is 0 Å². The fourth-order valence-electron chi connectivity index (χ4n) is 0.933. The van der Waals surface area contributed by atoms with Crippen molar-refractivity contribution in [2.45, 2.75) is 19.8 Å². The lowest BCUT2D eigenvalue weighted by Crippen LogP contribution is -2.03. The SMILES string of the molecule is Cc1cncc(NCCCC#N)n1. The van der Waals surface area contributed by atoms with Crippen LogP contribution < -0.4 is 5.32 Å². The van der Waals surface area contributed by atoms with Crippen LogP contribution >= 0.6 is 0 Å². The number of nitrogens with one attached hydrogen (secondary N) is 1. The number of aryl methyl sites for hydroxylation is 1. The molecule has 13 heavy (non-hydrogen) atoms. The van der Waals surface area contributed by atoms with Gasteiger partial charge in [-0.2, -0.15) is 5.26 Å². The van der Waals surface area contributed by atoms with E-state index in [2.05, 4.69) is 21.4 Å². The summed E-state index contributed by atoms with van der Waals surface area (Å²) in [4.78, 5) is 8.21. The molecule has 0 aliphatic rings. The minimum absolute atomic E-state index is 0.576. The van der Waals surface area contributed by atoms with Gasteiger partial charge in [-0.05, 0) is 13.3 Å². The van der Waals surface area contributed by atoms with Crippen molar-refractivity contribution >= 4 is 5.82 Å². The van der Waals surface area contributed by atoms with Gasteiger partial charge in [0.05, 0.1) is 18.0 Å². The molecule has 1 N–H and O–H groups in total. The van der Waals surface area contributed by atoms with Gasteiger partial charge >= 0.3 is 0 Å². The number of aromatic nitrogens is 2. The van der Waals surface area contributed by atoms with Gasteiger partial charge in [-0.25, -0.2) is 4.98 Å². The highest BCUT2D eigenvalue weighted by Gasteiger charge is 1.93. The largest absolute Gasteiger partial charge is 0.369 e. The summed E-state index contributed by atoms with van der Waals surface area (Å²) in [5.74, 6) is 0.776. The monoisotopic (exact) mass is 176 g/mol. The van der Waals surface area contributed by atoms with Crippen LogP contribution in [0.2, 0.25) is 0 Å². The van der Waals surface area contributed by atoms with Crippen molar-refractivity contribution in [3.63, 3.8) is 0 Å². The number of hydrogen-bond acceptors (Lipinski definition) is 4. The minimum atomic E-state index is 0.576. The van der Waals surface area contributed by atoms with Crippen LogP contribution in [0.25, 0.3) is 0 Å². The summed E-state index contributed by atoms with van der Waals surface area (Å²) in [5, 5.41) is 11.4. The Hall–Kier alpha value is -1.63. The van der Waals surface area contributed by atoms with Gasteiger partial charge in [0.1, 0.15) is 5.82 Å². The topological polar surface area (TPSA) is 61.6 Å². The molecule has 4 heteroatoms. The van der Waals surface area contributed by atoms with E-state index in [0.717, 1.165) is 24.5 Å². The van der Waals surface area contributed by atoms with Crippen molar-refractivity contribution in [1.29, 1.82) is 5.26 Å². The Morgan fingerprint density at radius 2 is 2.38 bits per heavy atom. The average Bonchev–Trinajstić information content (AvgIpc) is 2.13. The molecule has 0 aromatic carbocycles. The number of nitrogens with zero attached hydrogens (tertiary/aromatic N) is 3. The Morgan fingerprint density at radius 1 is 1.54 bits per heavy atom. The molecular weight excluding hydrogens is 164 g/mol. The first-order chi connectivity index (χ1) is 6.33. The van der Waals surface area contributed by atoms with E-state index in [1.807, 2.05) is 6.92 Å². The lowest BCUT2D eigenvalue weighted by molar-refractivity contribution is 0.888. The maximum atomic E-state index is 8.30. The van der Waals surface area contributed by atoms with Crippen molar-refractivity contribution in [2.75, 3.05) is 11.9 Å². The van der Waals surface area contributed by atoms with E-state index in [0.29, 0.717) is 6.42 Å². The molecule has 1 aromatic rings. The van der Waals surface area contributed by atoms with Crippen LogP contribution in [0, 0.1) is 18.3 Å². The van der Waals surface area contributed by atoms with E-state index in [1.54, 1.807) is 12.4 Å². The molecule has 0 radical (unpaired) electrons. The van der Waals surface area contributed by atoms with Gasteiger partial charge in [0, 0.05) is 19.2 Å². The second-order valence-electron chi connectivity index (χ2n) is 2.73. The zero-order valence-electron chi connectivity index (χ0n) is 7.62. The molecule has 0 fully saturated rings. The van der Waals surface area contributed by atoms with Gasteiger partial charge in [-0.15, -0.1) is 0 Å². The standard InChI is InChI=1S/C9H12N4/c1-8-6-11-7-9(13-8)12-5-3-2-4-10/h6-7H,2-3,5H2,1H3,(H,12,13). The average molecular weight is 176 g/mol. The maximum Gasteiger partial charge on any atom is 0.144 e. The first-order valence-corrected chi connectivity index (χ1v) is 4.22. The summed E-state index contributed by atoms with van der Waals surface area (Å²) >= 11 is 0. The first-order valence-electron chi connectivity index (χ1n) is 4.22. The van der Waals surface area contributed by atoms with Crippen LogP contribution in [0.4, 0.5) is 5.82 Å². The molecule has 4 nitrogen and oxygen atoms in total. The predicted molar refractivity (Wildman–Crippen MR) is 50.1 cm³/mol. The van der Waals surface area contributed by atoms with Crippen molar-refractivity contribution in [1.82, 2.24) is 9.97 Å². The molecule has 0 unspecified atom stereocenters. The second kappa shape index (κ2) is 5.09. The third-order valence-corrected chi connectivity index (χ3v) is 1.53. The first kappa shape index (κ1) is 9.46. The Morgan fingerprint density at radius 3 is 3.08 bits per heavy atom. The van der Waals surface area contributed by atoms with E-state index < -0.39 is 0 Å². The zero-order valence-corrected chi connectivity index (χ0v) is 7.62. The Bertz CT molecular complexity index is 303. The smallest absolute Gasteiger partial charge is 0.144 e. The summed E-state index contributed by atoms with van der Waals surface area (Å²) in [7, 11) is 0. The Balaban J connectivity index is 2.33. The molecular formula is C9H12N4. The lowest BCUT2D eigenvalue weighted by atomic mass is 10.3. The lowest BCUT2D eigenvalue weighted by Gasteiger charge is -2.02. The normalized spacial score (nSPS) is 9.23. The quantitative estimate of drug-likeness (QED) is 0.706. The van der Waals surface area contributed by atoms with E-state index in [9.17, 15) is 0 Å². The highest BCUT2D eigenvalue weighted by Crippen LogP contribution is 2.00. The number of rotatable bonds is 4. The Kier molecular flexibility index (Phi) is 3.71. The molecule has 68 valence electrons. The molecule has 0 spiro atoms. The highest BCUT2D eigenvalue weighted by atomic mass is 15.0. The van der Waals surface area contributed by atoms with Crippen LogP contribution in [-0.4, -0.2) is 16.5 Å². The van der Waals surface area contributed by atoms with Crippen LogP contribution in [0.5, 0.6) is 0 Å². The summed E-state index contributed by atoms with van der Waals surface area (Å²) < 4.78 is 0. The second-order valence-corrected chi connectivity index (χ2v) is 2.73. The van der Waals surface area contributed by atoms with E-state index in [-0.39, 0.29) is 0 Å². The third kappa shape index (κ3) is 3.52. The van der Waals surface area contributed by atoms with Gasteiger partial charge in [0.25, 0.3) is 0 Å².